The Labute approximate surface area is 171 Å². The van der Waals surface area contributed by atoms with Crippen LogP contribution in [0.15, 0.2) is 42.5 Å². The van der Waals surface area contributed by atoms with E-state index >= 15 is 0 Å². The first kappa shape index (κ1) is 22.4. The number of hydrogen-bond donors (Lipinski definition) is 1. The van der Waals surface area contributed by atoms with Crippen molar-refractivity contribution in [2.24, 2.45) is 0 Å². The Morgan fingerprint density at radius 2 is 1.76 bits per heavy atom. The molecule has 0 aliphatic rings. The van der Waals surface area contributed by atoms with Crippen LogP contribution in [0.25, 0.3) is 0 Å². The maximum Gasteiger partial charge on any atom is 0.339 e. The van der Waals surface area contributed by atoms with Gasteiger partial charge in [-0.3, -0.25) is 9.10 Å². The highest BCUT2D eigenvalue weighted by molar-refractivity contribution is 7.92. The van der Waals surface area contributed by atoms with Crippen molar-refractivity contribution >= 4 is 33.3 Å². The summed E-state index contributed by atoms with van der Waals surface area (Å²) in [5.41, 5.74) is 2.81. The molecule has 0 aliphatic carbocycles. The summed E-state index contributed by atoms with van der Waals surface area (Å²) in [4.78, 5) is 25.0. The maximum absolute atomic E-state index is 13.1. The lowest BCUT2D eigenvalue weighted by Gasteiger charge is -2.30. The van der Waals surface area contributed by atoms with E-state index in [0.717, 1.165) is 21.7 Å². The number of aryl methyl sites for hydroxylation is 2. The second-order valence-corrected chi connectivity index (χ2v) is 8.64. The van der Waals surface area contributed by atoms with Crippen molar-refractivity contribution in [1.82, 2.24) is 0 Å². The van der Waals surface area contributed by atoms with Crippen LogP contribution in [0.1, 0.15) is 34.8 Å². The first-order chi connectivity index (χ1) is 13.6. The summed E-state index contributed by atoms with van der Waals surface area (Å²) in [6.07, 6.45) is 1.31. The van der Waals surface area contributed by atoms with Crippen LogP contribution in [0.5, 0.6) is 0 Å². The van der Waals surface area contributed by atoms with Crippen LogP contribution < -0.4 is 9.62 Å². The van der Waals surface area contributed by atoms with E-state index in [0.29, 0.717) is 5.69 Å². The molecule has 0 saturated carbocycles. The van der Waals surface area contributed by atoms with Crippen LogP contribution in [0, 0.1) is 13.8 Å². The van der Waals surface area contributed by atoms with Crippen LogP contribution in [0.4, 0.5) is 11.4 Å². The number of ether oxygens (including phenoxy) is 1. The number of benzene rings is 2. The van der Waals surface area contributed by atoms with Crippen LogP contribution in [0.2, 0.25) is 0 Å². The number of methoxy groups -OCH3 is 1. The standard InChI is InChI=1S/C21H26N2O5S/c1-6-19(20(24)22-18-10-8-7-9-17(18)21(25)28-4)23(29(5,26)27)16-12-11-14(2)15(3)13-16/h7-13,19H,6H2,1-5H3,(H,22,24)/t19-/m0/s1. The summed E-state index contributed by atoms with van der Waals surface area (Å²) in [5, 5.41) is 2.68. The number of sulfonamides is 1. The van der Waals surface area contributed by atoms with Crippen LogP contribution >= 0.6 is 0 Å². The minimum atomic E-state index is -3.75. The number of hydrogen-bond acceptors (Lipinski definition) is 5. The van der Waals surface area contributed by atoms with Crippen LogP contribution in [0.3, 0.4) is 0 Å². The van der Waals surface area contributed by atoms with Crippen LogP contribution in [-0.4, -0.2) is 39.7 Å². The van der Waals surface area contributed by atoms with Gasteiger partial charge in [0.05, 0.1) is 30.3 Å². The zero-order chi connectivity index (χ0) is 21.8. The summed E-state index contributed by atoms with van der Waals surface area (Å²) in [6.45, 7) is 5.54. The molecule has 2 aromatic carbocycles. The molecule has 0 spiro atoms. The lowest BCUT2D eigenvalue weighted by atomic mass is 10.1. The second-order valence-electron chi connectivity index (χ2n) is 6.78. The van der Waals surface area contributed by atoms with Gasteiger partial charge in [-0.05, 0) is 55.7 Å². The number of anilines is 2. The van der Waals surface area contributed by atoms with Gasteiger partial charge in [-0.15, -0.1) is 0 Å². The van der Waals surface area contributed by atoms with Gasteiger partial charge in [0.2, 0.25) is 15.9 Å². The minimum absolute atomic E-state index is 0.190. The van der Waals surface area contributed by atoms with E-state index in [4.69, 9.17) is 4.74 Å². The van der Waals surface area contributed by atoms with Gasteiger partial charge < -0.3 is 10.1 Å². The Balaban J connectivity index is 2.45. The third kappa shape index (κ3) is 5.14. The van der Waals surface area contributed by atoms with Crippen molar-refractivity contribution < 1.29 is 22.7 Å². The fraction of sp³-hybridized carbons (Fsp3) is 0.333. The number of carbonyl (C=O) groups excluding carboxylic acids is 2. The summed E-state index contributed by atoms with van der Waals surface area (Å²) in [5.74, 6) is -1.13. The fourth-order valence-electron chi connectivity index (χ4n) is 3.02. The first-order valence-corrected chi connectivity index (χ1v) is 11.0. The summed E-state index contributed by atoms with van der Waals surface area (Å²) in [6, 6.07) is 10.7. The zero-order valence-corrected chi connectivity index (χ0v) is 18.0. The quantitative estimate of drug-likeness (QED) is 0.697. The Hall–Kier alpha value is -2.87. The number of para-hydroxylation sites is 1. The topological polar surface area (TPSA) is 92.8 Å². The van der Waals surface area contributed by atoms with Gasteiger partial charge in [0, 0.05) is 0 Å². The molecule has 29 heavy (non-hydrogen) atoms. The van der Waals surface area contributed by atoms with E-state index in [1.165, 1.54) is 13.2 Å². The highest BCUT2D eigenvalue weighted by Gasteiger charge is 2.32. The van der Waals surface area contributed by atoms with Crippen molar-refractivity contribution in [1.29, 1.82) is 0 Å². The Bertz CT molecular complexity index is 1020. The Kier molecular flexibility index (Phi) is 7.02. The average molecular weight is 419 g/mol. The van der Waals surface area contributed by atoms with Gasteiger partial charge in [0.25, 0.3) is 0 Å². The molecule has 2 aromatic rings. The SMILES string of the molecule is CC[C@@H](C(=O)Nc1ccccc1C(=O)OC)N(c1ccc(C)c(C)c1)S(C)(=O)=O. The Morgan fingerprint density at radius 3 is 2.31 bits per heavy atom. The van der Waals surface area contributed by atoms with Crippen molar-refractivity contribution in [3.05, 3.63) is 59.2 Å². The molecule has 0 heterocycles. The van der Waals surface area contributed by atoms with Crippen molar-refractivity contribution in [3.8, 4) is 0 Å². The average Bonchev–Trinajstić information content (AvgIpc) is 2.67. The third-order valence-electron chi connectivity index (χ3n) is 4.66. The van der Waals surface area contributed by atoms with Crippen molar-refractivity contribution in [2.75, 3.05) is 23.0 Å². The molecule has 0 saturated heterocycles. The number of amides is 1. The van der Waals surface area contributed by atoms with Gasteiger partial charge in [-0.1, -0.05) is 25.1 Å². The maximum atomic E-state index is 13.1. The number of esters is 1. The molecule has 0 bridgehead atoms. The molecule has 0 aliphatic heterocycles. The van der Waals surface area contributed by atoms with E-state index in [9.17, 15) is 18.0 Å². The number of carbonyl (C=O) groups is 2. The summed E-state index contributed by atoms with van der Waals surface area (Å²) >= 11 is 0. The van der Waals surface area contributed by atoms with Gasteiger partial charge in [-0.2, -0.15) is 0 Å². The molecule has 7 nitrogen and oxygen atoms in total. The Morgan fingerprint density at radius 1 is 1.10 bits per heavy atom. The van der Waals surface area contributed by atoms with E-state index in [1.807, 2.05) is 19.9 Å². The molecule has 0 aromatic heterocycles. The normalized spacial score (nSPS) is 12.2. The van der Waals surface area contributed by atoms with Gasteiger partial charge >= 0.3 is 5.97 Å². The van der Waals surface area contributed by atoms with Crippen molar-refractivity contribution in [3.63, 3.8) is 0 Å². The largest absolute Gasteiger partial charge is 0.465 e. The van der Waals surface area contributed by atoms with E-state index < -0.39 is 27.9 Å². The number of nitrogens with one attached hydrogen (secondary N) is 1. The molecular formula is C21H26N2O5S. The first-order valence-electron chi connectivity index (χ1n) is 9.15. The molecule has 156 valence electrons. The molecule has 2 rings (SSSR count). The van der Waals surface area contributed by atoms with Crippen LogP contribution in [-0.2, 0) is 19.6 Å². The summed E-state index contributed by atoms with van der Waals surface area (Å²) in [7, 11) is -2.50. The highest BCUT2D eigenvalue weighted by Crippen LogP contribution is 2.26. The predicted molar refractivity (Wildman–Crippen MR) is 114 cm³/mol. The molecular weight excluding hydrogens is 392 g/mol. The zero-order valence-electron chi connectivity index (χ0n) is 17.2. The van der Waals surface area contributed by atoms with Gasteiger partial charge in [-0.25, -0.2) is 13.2 Å². The number of rotatable bonds is 7. The monoisotopic (exact) mass is 418 g/mol. The lowest BCUT2D eigenvalue weighted by Crippen LogP contribution is -2.47. The van der Waals surface area contributed by atoms with E-state index in [2.05, 4.69) is 5.32 Å². The molecule has 0 fully saturated rings. The highest BCUT2D eigenvalue weighted by atomic mass is 32.2. The van der Waals surface area contributed by atoms with E-state index in [1.54, 1.807) is 37.3 Å². The molecule has 1 amide bonds. The van der Waals surface area contributed by atoms with Gasteiger partial charge in [0.1, 0.15) is 6.04 Å². The third-order valence-corrected chi connectivity index (χ3v) is 5.84. The molecule has 0 radical (unpaired) electrons. The molecule has 1 atom stereocenters. The van der Waals surface area contributed by atoms with E-state index in [-0.39, 0.29) is 17.7 Å². The minimum Gasteiger partial charge on any atom is -0.465 e. The number of nitrogens with zero attached hydrogens (tertiary/aromatic N) is 1. The lowest BCUT2D eigenvalue weighted by molar-refractivity contribution is -0.117. The van der Waals surface area contributed by atoms with Gasteiger partial charge in [0.15, 0.2) is 0 Å². The predicted octanol–water partition coefficient (Wildman–Crippen LogP) is 3.27. The smallest absolute Gasteiger partial charge is 0.339 e. The summed E-state index contributed by atoms with van der Waals surface area (Å²) < 4.78 is 31.0. The molecule has 0 unspecified atom stereocenters. The second kappa shape index (κ2) is 9.09. The molecule has 8 heteroatoms. The fourth-order valence-corrected chi connectivity index (χ4v) is 4.22. The molecule has 1 N–H and O–H groups in total. The van der Waals surface area contributed by atoms with Crippen molar-refractivity contribution in [2.45, 2.75) is 33.2 Å².